The van der Waals surface area contributed by atoms with Crippen molar-refractivity contribution in [2.45, 2.75) is 12.5 Å². The van der Waals surface area contributed by atoms with Crippen LogP contribution in [0.3, 0.4) is 0 Å². The van der Waals surface area contributed by atoms with E-state index in [4.69, 9.17) is 0 Å². The highest BCUT2D eigenvalue weighted by Gasteiger charge is 2.21. The molecule has 1 aromatic heterocycles. The van der Waals surface area contributed by atoms with Crippen LogP contribution in [0.25, 0.3) is 0 Å². The van der Waals surface area contributed by atoms with Crippen LogP contribution < -0.4 is 5.32 Å². The Kier molecular flexibility index (Phi) is 4.61. The van der Waals surface area contributed by atoms with Gasteiger partial charge in [0.15, 0.2) is 0 Å². The van der Waals surface area contributed by atoms with Crippen molar-refractivity contribution in [3.63, 3.8) is 0 Å². The average Bonchev–Trinajstić information content (AvgIpc) is 2.48. The molecule has 0 spiro atoms. The second-order valence-electron chi connectivity index (χ2n) is 4.42. The molecule has 1 atom stereocenters. The largest absolute Gasteiger partial charge is 0.480 e. The normalized spacial score (nSPS) is 11.7. The molecule has 0 radical (unpaired) electrons. The number of aliphatic carboxylic acids is 1. The molecule has 2 rings (SSSR count). The van der Waals surface area contributed by atoms with Gasteiger partial charge >= 0.3 is 5.97 Å². The first-order valence-corrected chi connectivity index (χ1v) is 6.25. The number of nitrogens with zero attached hydrogens (tertiary/aromatic N) is 1. The standard InChI is InChI=1S/C15H13FN2O3/c16-11-6-7-12(17-9-11)14(19)18-13(15(20)21)8-10-4-2-1-3-5-10/h1-7,9,13H,8H2,(H,18,19)(H,20,21). The molecule has 0 aliphatic heterocycles. The van der Waals surface area contributed by atoms with Gasteiger partial charge in [0, 0.05) is 6.42 Å². The van der Waals surface area contributed by atoms with E-state index in [9.17, 15) is 19.1 Å². The Balaban J connectivity index is 2.07. The minimum atomic E-state index is -1.14. The number of carboxylic acid groups (broad SMARTS) is 1. The van der Waals surface area contributed by atoms with Crippen LogP contribution in [0.2, 0.25) is 0 Å². The van der Waals surface area contributed by atoms with Gasteiger partial charge in [-0.25, -0.2) is 14.2 Å². The number of nitrogens with one attached hydrogen (secondary N) is 1. The van der Waals surface area contributed by atoms with Crippen LogP contribution in [0.15, 0.2) is 48.7 Å². The van der Waals surface area contributed by atoms with E-state index in [1.165, 1.54) is 6.07 Å². The van der Waals surface area contributed by atoms with Gasteiger partial charge in [0.1, 0.15) is 17.6 Å². The highest BCUT2D eigenvalue weighted by molar-refractivity contribution is 5.94. The molecule has 1 aromatic carbocycles. The fraction of sp³-hybridized carbons (Fsp3) is 0.133. The second-order valence-corrected chi connectivity index (χ2v) is 4.42. The molecule has 0 saturated heterocycles. The van der Waals surface area contributed by atoms with Gasteiger partial charge in [0.25, 0.3) is 5.91 Å². The first-order valence-electron chi connectivity index (χ1n) is 6.25. The number of rotatable bonds is 5. The molecule has 1 unspecified atom stereocenters. The lowest BCUT2D eigenvalue weighted by Crippen LogP contribution is -2.42. The number of amides is 1. The maximum Gasteiger partial charge on any atom is 0.326 e. The molecule has 2 aromatic rings. The fourth-order valence-electron chi connectivity index (χ4n) is 1.79. The summed E-state index contributed by atoms with van der Waals surface area (Å²) in [6.45, 7) is 0. The Morgan fingerprint density at radius 2 is 1.90 bits per heavy atom. The SMILES string of the molecule is O=C(NC(Cc1ccccc1)C(=O)O)c1ccc(F)cn1. The number of hydrogen-bond acceptors (Lipinski definition) is 3. The summed E-state index contributed by atoms with van der Waals surface area (Å²) in [5.74, 6) is -2.36. The monoisotopic (exact) mass is 288 g/mol. The Morgan fingerprint density at radius 1 is 1.19 bits per heavy atom. The first-order chi connectivity index (χ1) is 10.1. The van der Waals surface area contributed by atoms with E-state index in [0.29, 0.717) is 0 Å². The maximum absolute atomic E-state index is 12.7. The van der Waals surface area contributed by atoms with Crippen molar-refractivity contribution in [3.05, 3.63) is 65.7 Å². The highest BCUT2D eigenvalue weighted by Crippen LogP contribution is 2.05. The lowest BCUT2D eigenvalue weighted by molar-refractivity contribution is -0.139. The first kappa shape index (κ1) is 14.6. The van der Waals surface area contributed by atoms with Crippen LogP contribution >= 0.6 is 0 Å². The highest BCUT2D eigenvalue weighted by atomic mass is 19.1. The minimum Gasteiger partial charge on any atom is -0.480 e. The zero-order chi connectivity index (χ0) is 15.2. The topological polar surface area (TPSA) is 79.3 Å². The average molecular weight is 288 g/mol. The summed E-state index contributed by atoms with van der Waals surface area (Å²) in [7, 11) is 0. The molecule has 0 bridgehead atoms. The molecule has 21 heavy (non-hydrogen) atoms. The molecule has 0 fully saturated rings. The van der Waals surface area contributed by atoms with Crippen LogP contribution in [-0.4, -0.2) is 28.0 Å². The summed E-state index contributed by atoms with van der Waals surface area (Å²) in [5, 5.41) is 11.6. The number of benzene rings is 1. The van der Waals surface area contributed by atoms with E-state index in [2.05, 4.69) is 10.3 Å². The molecule has 0 aliphatic rings. The van der Waals surface area contributed by atoms with Gasteiger partial charge < -0.3 is 10.4 Å². The molecule has 1 amide bonds. The maximum atomic E-state index is 12.7. The van der Waals surface area contributed by atoms with Gasteiger partial charge in [-0.2, -0.15) is 0 Å². The molecule has 5 nitrogen and oxygen atoms in total. The Bertz CT molecular complexity index is 629. The molecule has 2 N–H and O–H groups in total. The molecule has 1 heterocycles. The number of carbonyl (C=O) groups excluding carboxylic acids is 1. The summed E-state index contributed by atoms with van der Waals surface area (Å²) in [6.07, 6.45) is 1.06. The smallest absolute Gasteiger partial charge is 0.326 e. The lowest BCUT2D eigenvalue weighted by atomic mass is 10.1. The number of pyridine rings is 1. The second kappa shape index (κ2) is 6.60. The van der Waals surface area contributed by atoms with E-state index >= 15 is 0 Å². The van der Waals surface area contributed by atoms with Crippen molar-refractivity contribution in [2.75, 3.05) is 0 Å². The van der Waals surface area contributed by atoms with Gasteiger partial charge in [0.2, 0.25) is 0 Å². The molecule has 0 aliphatic carbocycles. The summed E-state index contributed by atoms with van der Waals surface area (Å²) in [4.78, 5) is 26.7. The van der Waals surface area contributed by atoms with Crippen molar-refractivity contribution in [1.82, 2.24) is 10.3 Å². The number of aromatic nitrogens is 1. The molecule has 0 saturated carbocycles. The number of halogens is 1. The number of carbonyl (C=O) groups is 2. The molecule has 6 heteroatoms. The third-order valence-corrected chi connectivity index (χ3v) is 2.85. The van der Waals surface area contributed by atoms with Crippen LogP contribution in [-0.2, 0) is 11.2 Å². The lowest BCUT2D eigenvalue weighted by Gasteiger charge is -2.14. The van der Waals surface area contributed by atoms with E-state index in [1.54, 1.807) is 24.3 Å². The van der Waals surface area contributed by atoms with E-state index in [1.807, 2.05) is 6.07 Å². The van der Waals surface area contributed by atoms with Crippen LogP contribution in [0, 0.1) is 5.82 Å². The Morgan fingerprint density at radius 3 is 2.48 bits per heavy atom. The van der Waals surface area contributed by atoms with Gasteiger partial charge in [-0.05, 0) is 17.7 Å². The fourth-order valence-corrected chi connectivity index (χ4v) is 1.79. The third-order valence-electron chi connectivity index (χ3n) is 2.85. The zero-order valence-corrected chi connectivity index (χ0v) is 11.0. The van der Waals surface area contributed by atoms with Crippen molar-refractivity contribution < 1.29 is 19.1 Å². The van der Waals surface area contributed by atoms with Crippen LogP contribution in [0.5, 0.6) is 0 Å². The van der Waals surface area contributed by atoms with Crippen LogP contribution in [0.4, 0.5) is 4.39 Å². The van der Waals surface area contributed by atoms with Gasteiger partial charge in [0.05, 0.1) is 6.20 Å². The molecular formula is C15H13FN2O3. The molecular weight excluding hydrogens is 275 g/mol. The van der Waals surface area contributed by atoms with Crippen LogP contribution in [0.1, 0.15) is 16.1 Å². The van der Waals surface area contributed by atoms with Crippen molar-refractivity contribution in [2.24, 2.45) is 0 Å². The van der Waals surface area contributed by atoms with E-state index < -0.39 is 23.7 Å². The van der Waals surface area contributed by atoms with Crippen molar-refractivity contribution in [1.29, 1.82) is 0 Å². The van der Waals surface area contributed by atoms with Gasteiger partial charge in [-0.1, -0.05) is 30.3 Å². The number of hydrogen-bond donors (Lipinski definition) is 2. The predicted octanol–water partition coefficient (Wildman–Crippen LogP) is 1.65. The summed E-state index contributed by atoms with van der Waals surface area (Å²) >= 11 is 0. The van der Waals surface area contributed by atoms with Gasteiger partial charge in [-0.15, -0.1) is 0 Å². The molecule has 108 valence electrons. The Labute approximate surface area is 120 Å². The van der Waals surface area contributed by atoms with Crippen molar-refractivity contribution in [3.8, 4) is 0 Å². The Hall–Kier alpha value is -2.76. The third kappa shape index (κ3) is 4.10. The van der Waals surface area contributed by atoms with Crippen molar-refractivity contribution >= 4 is 11.9 Å². The quantitative estimate of drug-likeness (QED) is 0.876. The predicted molar refractivity (Wildman–Crippen MR) is 73.2 cm³/mol. The zero-order valence-electron chi connectivity index (χ0n) is 11.0. The van der Waals surface area contributed by atoms with E-state index in [-0.39, 0.29) is 12.1 Å². The van der Waals surface area contributed by atoms with Gasteiger partial charge in [-0.3, -0.25) is 4.79 Å². The number of carboxylic acids is 1. The summed E-state index contributed by atoms with van der Waals surface area (Å²) in [6, 6.07) is 10.2. The minimum absolute atomic E-state index is 0.0317. The summed E-state index contributed by atoms with van der Waals surface area (Å²) in [5.41, 5.74) is 0.757. The van der Waals surface area contributed by atoms with E-state index in [0.717, 1.165) is 17.8 Å². The summed E-state index contributed by atoms with van der Waals surface area (Å²) < 4.78 is 12.7.